The van der Waals surface area contributed by atoms with Crippen molar-refractivity contribution in [1.82, 2.24) is 15.1 Å². The molecule has 1 rings (SSSR count). The van der Waals surface area contributed by atoms with Crippen LogP contribution in [0, 0.1) is 5.41 Å². The molecule has 0 spiro atoms. The van der Waals surface area contributed by atoms with Crippen molar-refractivity contribution in [2.24, 2.45) is 5.41 Å². The van der Waals surface area contributed by atoms with Crippen LogP contribution in [0.1, 0.15) is 142 Å². The van der Waals surface area contributed by atoms with E-state index in [-0.39, 0.29) is 36.3 Å². The minimum absolute atomic E-state index is 0.0238. The lowest BCUT2D eigenvalue weighted by atomic mass is 9.71. The molecule has 12 nitrogen and oxygen atoms in total. The molecule has 3 amide bonds. The van der Waals surface area contributed by atoms with E-state index < -0.39 is 34.4 Å². The van der Waals surface area contributed by atoms with Crippen LogP contribution >= 0.6 is 0 Å². The lowest BCUT2D eigenvalue weighted by Crippen LogP contribution is -2.40. The van der Waals surface area contributed by atoms with E-state index in [4.69, 9.17) is 14.2 Å². The van der Waals surface area contributed by atoms with Crippen molar-refractivity contribution in [3.63, 3.8) is 0 Å². The largest absolute Gasteiger partial charge is 0.460 e. The zero-order valence-corrected chi connectivity index (χ0v) is 34.6. The van der Waals surface area contributed by atoms with E-state index in [1.807, 2.05) is 41.5 Å². The van der Waals surface area contributed by atoms with Crippen molar-refractivity contribution >= 4 is 35.6 Å². The van der Waals surface area contributed by atoms with Gasteiger partial charge in [0.1, 0.15) is 16.8 Å². The first-order chi connectivity index (χ1) is 23.6. The molecule has 0 aromatic heterocycles. The number of hydrogen-bond acceptors (Lipinski definition) is 9. The summed E-state index contributed by atoms with van der Waals surface area (Å²) in [5.41, 5.74) is -1.16. The normalized spacial score (nSPS) is 14.3. The first-order valence-corrected chi connectivity index (χ1v) is 18.6. The summed E-state index contributed by atoms with van der Waals surface area (Å²) < 4.78 is 16.7. The standard InChI is InChI=1S/C40H67N3O9/c1-27-28(2)34(47)32(29(3)33(27)46)40(13,14)26-30(44)41-21-19-25-43(36(49)52-39(10,11)12)24-18-17-23-42(35(48)51-38(7,8)9)22-16-15-20-31(45)50-37(4,5)6/h15-26H2,1-14H3,(H,41,44). The van der Waals surface area contributed by atoms with Crippen molar-refractivity contribution in [3.05, 3.63) is 22.3 Å². The summed E-state index contributed by atoms with van der Waals surface area (Å²) in [6, 6.07) is 0. The third kappa shape index (κ3) is 16.8. The number of ether oxygens (including phenoxy) is 3. The fourth-order valence-corrected chi connectivity index (χ4v) is 5.77. The molecule has 0 atom stereocenters. The third-order valence-electron chi connectivity index (χ3n) is 8.28. The Labute approximate surface area is 312 Å². The van der Waals surface area contributed by atoms with Gasteiger partial charge in [0.25, 0.3) is 0 Å². The van der Waals surface area contributed by atoms with E-state index in [1.54, 1.807) is 65.2 Å². The second-order valence-electron chi connectivity index (χ2n) is 17.4. The molecule has 0 aliphatic heterocycles. The highest BCUT2D eigenvalue weighted by molar-refractivity contribution is 6.25. The molecule has 0 bridgehead atoms. The lowest BCUT2D eigenvalue weighted by Gasteiger charge is -2.31. The van der Waals surface area contributed by atoms with E-state index in [0.717, 1.165) is 0 Å². The van der Waals surface area contributed by atoms with Gasteiger partial charge in [0, 0.05) is 73.3 Å². The zero-order chi connectivity index (χ0) is 40.2. The van der Waals surface area contributed by atoms with Crippen LogP contribution in [0.15, 0.2) is 22.3 Å². The molecule has 1 aliphatic carbocycles. The van der Waals surface area contributed by atoms with Crippen LogP contribution in [-0.2, 0) is 33.4 Å². The molecule has 0 aromatic carbocycles. The summed E-state index contributed by atoms with van der Waals surface area (Å²) in [6.07, 6.45) is 2.22. The second-order valence-corrected chi connectivity index (χ2v) is 17.4. The van der Waals surface area contributed by atoms with Crippen LogP contribution in [0.4, 0.5) is 9.59 Å². The van der Waals surface area contributed by atoms with Gasteiger partial charge < -0.3 is 29.3 Å². The summed E-state index contributed by atoms with van der Waals surface area (Å²) in [6.45, 7) is 26.7. The van der Waals surface area contributed by atoms with Crippen LogP contribution in [0.5, 0.6) is 0 Å². The number of Topliss-reactive ketones (excluding diaryl/α,β-unsaturated/α-hetero) is 2. The molecule has 0 saturated heterocycles. The Morgan fingerprint density at radius 3 is 1.40 bits per heavy atom. The summed E-state index contributed by atoms with van der Waals surface area (Å²) >= 11 is 0. The van der Waals surface area contributed by atoms with Crippen molar-refractivity contribution in [3.8, 4) is 0 Å². The third-order valence-corrected chi connectivity index (χ3v) is 8.28. The van der Waals surface area contributed by atoms with Gasteiger partial charge >= 0.3 is 18.2 Å². The predicted molar refractivity (Wildman–Crippen MR) is 202 cm³/mol. The molecule has 0 radical (unpaired) electrons. The van der Waals surface area contributed by atoms with Crippen LogP contribution < -0.4 is 5.32 Å². The molecule has 52 heavy (non-hydrogen) atoms. The van der Waals surface area contributed by atoms with Gasteiger partial charge in [-0.25, -0.2) is 9.59 Å². The topological polar surface area (TPSA) is 149 Å². The van der Waals surface area contributed by atoms with Crippen LogP contribution in [-0.4, -0.2) is 95.0 Å². The van der Waals surface area contributed by atoms with Gasteiger partial charge in [-0.3, -0.25) is 19.2 Å². The van der Waals surface area contributed by atoms with Gasteiger partial charge in [0.05, 0.1) is 0 Å². The number of nitrogens with one attached hydrogen (secondary N) is 1. The van der Waals surface area contributed by atoms with Crippen molar-refractivity contribution < 1.29 is 43.0 Å². The molecule has 12 heteroatoms. The number of allylic oxidation sites excluding steroid dienone is 4. The summed E-state index contributed by atoms with van der Waals surface area (Å²) in [5, 5.41) is 2.90. The number of amides is 3. The summed E-state index contributed by atoms with van der Waals surface area (Å²) in [5.74, 6) is -0.902. The van der Waals surface area contributed by atoms with E-state index in [0.29, 0.717) is 87.1 Å². The monoisotopic (exact) mass is 733 g/mol. The minimum atomic E-state index is -0.850. The van der Waals surface area contributed by atoms with Crippen LogP contribution in [0.3, 0.4) is 0 Å². The molecule has 296 valence electrons. The van der Waals surface area contributed by atoms with Gasteiger partial charge in [-0.05, 0) is 115 Å². The van der Waals surface area contributed by atoms with Crippen molar-refractivity contribution in [2.75, 3.05) is 32.7 Å². The molecule has 0 saturated carbocycles. The maximum absolute atomic E-state index is 13.1. The fraction of sp³-hybridized carbons (Fsp3) is 0.750. The average Bonchev–Trinajstić information content (AvgIpc) is 2.96. The maximum atomic E-state index is 13.1. The van der Waals surface area contributed by atoms with Gasteiger partial charge in [-0.2, -0.15) is 0 Å². The van der Waals surface area contributed by atoms with Crippen LogP contribution in [0.25, 0.3) is 0 Å². The zero-order valence-electron chi connectivity index (χ0n) is 34.6. The van der Waals surface area contributed by atoms with Gasteiger partial charge in [0.2, 0.25) is 5.91 Å². The molecular weight excluding hydrogens is 666 g/mol. The molecule has 0 unspecified atom stereocenters. The average molecular weight is 734 g/mol. The van der Waals surface area contributed by atoms with Crippen molar-refractivity contribution in [1.29, 1.82) is 0 Å². The maximum Gasteiger partial charge on any atom is 0.410 e. The Hall–Kier alpha value is -3.70. The summed E-state index contributed by atoms with van der Waals surface area (Å²) in [7, 11) is 0. The Morgan fingerprint density at radius 2 is 0.962 bits per heavy atom. The predicted octanol–water partition coefficient (Wildman–Crippen LogP) is 7.48. The number of rotatable bonds is 17. The van der Waals surface area contributed by atoms with E-state index in [9.17, 15) is 28.8 Å². The number of unbranched alkanes of at least 4 members (excludes halogenated alkanes) is 2. The fourth-order valence-electron chi connectivity index (χ4n) is 5.77. The van der Waals surface area contributed by atoms with Gasteiger partial charge in [-0.15, -0.1) is 0 Å². The van der Waals surface area contributed by atoms with E-state index in [2.05, 4.69) is 5.32 Å². The molecule has 0 heterocycles. The SMILES string of the molecule is CC1=C(C)C(=O)C(C(C)(C)CC(=O)NCCCN(CCCCN(CCCCC(=O)OC(C)(C)C)C(=O)OC(C)(C)C)C(=O)OC(C)(C)C)=C(C)C1=O. The number of hydrogen-bond donors (Lipinski definition) is 1. The quantitative estimate of drug-likeness (QED) is 0.0695. The van der Waals surface area contributed by atoms with Crippen LogP contribution in [0.2, 0.25) is 0 Å². The molecular formula is C40H67N3O9. The molecule has 1 N–H and O–H groups in total. The highest BCUT2D eigenvalue weighted by Crippen LogP contribution is 2.38. The summed E-state index contributed by atoms with van der Waals surface area (Å²) in [4.78, 5) is 80.3. The molecule has 0 aromatic rings. The molecule has 1 aliphatic rings. The van der Waals surface area contributed by atoms with E-state index >= 15 is 0 Å². The number of nitrogens with zero attached hydrogens (tertiary/aromatic N) is 2. The van der Waals surface area contributed by atoms with Gasteiger partial charge in [-0.1, -0.05) is 13.8 Å². The number of ketones is 2. The lowest BCUT2D eigenvalue weighted by molar-refractivity contribution is -0.155. The number of carbonyl (C=O) groups is 6. The number of esters is 1. The van der Waals surface area contributed by atoms with Gasteiger partial charge in [0.15, 0.2) is 11.6 Å². The number of carbonyl (C=O) groups excluding carboxylic acids is 6. The molecule has 0 fully saturated rings. The smallest absolute Gasteiger partial charge is 0.410 e. The highest BCUT2D eigenvalue weighted by Gasteiger charge is 2.38. The Balaban J connectivity index is 2.80. The minimum Gasteiger partial charge on any atom is -0.460 e. The first-order valence-electron chi connectivity index (χ1n) is 18.6. The first kappa shape index (κ1) is 46.3. The Bertz CT molecular complexity index is 1370. The Morgan fingerprint density at radius 1 is 0.558 bits per heavy atom. The van der Waals surface area contributed by atoms with Crippen molar-refractivity contribution in [2.45, 2.75) is 159 Å². The van der Waals surface area contributed by atoms with E-state index in [1.165, 1.54) is 0 Å². The highest BCUT2D eigenvalue weighted by atomic mass is 16.6. The Kier molecular flexibility index (Phi) is 17.3. The second kappa shape index (κ2) is 19.4.